The molecule has 1 atom stereocenters. The first-order valence-electron chi connectivity index (χ1n) is 12.6. The van der Waals surface area contributed by atoms with Crippen molar-refractivity contribution in [1.82, 2.24) is 4.90 Å². The number of likely N-dealkylation sites (tertiary alicyclic amines) is 1. The molecule has 6 heteroatoms. The molecule has 1 heterocycles. The van der Waals surface area contributed by atoms with Gasteiger partial charge in [0.2, 0.25) is 11.8 Å². The van der Waals surface area contributed by atoms with E-state index in [9.17, 15) is 9.59 Å². The maximum Gasteiger partial charge on any atom is 0.222 e. The van der Waals surface area contributed by atoms with Crippen LogP contribution in [0.4, 0.5) is 5.69 Å². The van der Waals surface area contributed by atoms with Gasteiger partial charge in [0.1, 0.15) is 12.4 Å². The topological polar surface area (TPSA) is 75.9 Å². The van der Waals surface area contributed by atoms with Crippen LogP contribution in [0, 0.1) is 5.92 Å². The van der Waals surface area contributed by atoms with Crippen molar-refractivity contribution in [2.45, 2.75) is 59.1 Å². The molecule has 2 aromatic rings. The molecule has 0 aliphatic carbocycles. The molecule has 188 valence electrons. The van der Waals surface area contributed by atoms with Crippen molar-refractivity contribution in [3.8, 4) is 5.75 Å². The number of carbonyl (C=O) groups excluding carboxylic acids is 2. The van der Waals surface area contributed by atoms with Crippen LogP contribution in [0.25, 0.3) is 0 Å². The summed E-state index contributed by atoms with van der Waals surface area (Å²) in [5, 5.41) is 0. The lowest BCUT2D eigenvalue weighted by Crippen LogP contribution is -2.47. The fourth-order valence-corrected chi connectivity index (χ4v) is 4.29. The quantitative estimate of drug-likeness (QED) is 0.466. The number of hydrogen-bond acceptors (Lipinski definition) is 4. The average Bonchev–Trinajstić information content (AvgIpc) is 2.87. The summed E-state index contributed by atoms with van der Waals surface area (Å²) in [7, 11) is 0. The maximum atomic E-state index is 12.6. The Hall–Kier alpha value is -3.28. The van der Waals surface area contributed by atoms with Gasteiger partial charge in [-0.05, 0) is 62.9 Å². The van der Waals surface area contributed by atoms with Crippen molar-refractivity contribution in [2.24, 2.45) is 11.7 Å². The minimum Gasteiger partial charge on any atom is -0.489 e. The summed E-state index contributed by atoms with van der Waals surface area (Å²) in [5.74, 6) is 0.358. The highest BCUT2D eigenvalue weighted by Gasteiger charge is 2.27. The fourth-order valence-electron chi connectivity index (χ4n) is 4.29. The monoisotopic (exact) mass is 477 g/mol. The molecule has 1 fully saturated rings. The SMILES string of the molecule is CC(C)=CCN(c1ccc(OCc2ccccc2)cc1)C1CCN(C(=O)CCC(C)C(N)=O)CC1. The van der Waals surface area contributed by atoms with Gasteiger partial charge in [-0.15, -0.1) is 0 Å². The molecule has 0 aromatic heterocycles. The highest BCUT2D eigenvalue weighted by molar-refractivity contribution is 5.79. The predicted molar refractivity (Wildman–Crippen MR) is 141 cm³/mol. The first kappa shape index (κ1) is 26.3. The number of anilines is 1. The zero-order chi connectivity index (χ0) is 25.2. The number of allylic oxidation sites excluding steroid dienone is 1. The van der Waals surface area contributed by atoms with Gasteiger partial charge in [0.25, 0.3) is 0 Å². The number of piperidine rings is 1. The second-order valence-electron chi connectivity index (χ2n) is 9.66. The van der Waals surface area contributed by atoms with Crippen LogP contribution in [0.5, 0.6) is 5.75 Å². The van der Waals surface area contributed by atoms with Crippen LogP contribution >= 0.6 is 0 Å². The van der Waals surface area contributed by atoms with Crippen molar-refractivity contribution < 1.29 is 14.3 Å². The number of nitrogens with two attached hydrogens (primary N) is 1. The van der Waals surface area contributed by atoms with E-state index in [4.69, 9.17) is 10.5 Å². The van der Waals surface area contributed by atoms with Crippen molar-refractivity contribution in [3.05, 3.63) is 71.8 Å². The van der Waals surface area contributed by atoms with E-state index >= 15 is 0 Å². The van der Waals surface area contributed by atoms with Crippen LogP contribution in [0.2, 0.25) is 0 Å². The molecule has 0 radical (unpaired) electrons. The minimum absolute atomic E-state index is 0.118. The van der Waals surface area contributed by atoms with Crippen LogP contribution in [0.15, 0.2) is 66.2 Å². The third-order valence-corrected chi connectivity index (χ3v) is 6.65. The lowest BCUT2D eigenvalue weighted by Gasteiger charge is -2.39. The summed E-state index contributed by atoms with van der Waals surface area (Å²) >= 11 is 0. The van der Waals surface area contributed by atoms with Crippen LogP contribution in [-0.4, -0.2) is 42.4 Å². The average molecular weight is 478 g/mol. The van der Waals surface area contributed by atoms with Gasteiger partial charge >= 0.3 is 0 Å². The highest BCUT2D eigenvalue weighted by atomic mass is 16.5. The summed E-state index contributed by atoms with van der Waals surface area (Å²) < 4.78 is 5.96. The van der Waals surface area contributed by atoms with Gasteiger partial charge in [-0.25, -0.2) is 0 Å². The molecular formula is C29H39N3O3. The number of primary amides is 1. The van der Waals surface area contributed by atoms with E-state index in [-0.39, 0.29) is 17.7 Å². The fraction of sp³-hybridized carbons (Fsp3) is 0.448. The predicted octanol–water partition coefficient (Wildman–Crippen LogP) is 4.93. The second-order valence-corrected chi connectivity index (χ2v) is 9.66. The number of amides is 2. The largest absolute Gasteiger partial charge is 0.489 e. The third kappa shape index (κ3) is 8.16. The van der Waals surface area contributed by atoms with Crippen LogP contribution in [-0.2, 0) is 16.2 Å². The third-order valence-electron chi connectivity index (χ3n) is 6.65. The maximum absolute atomic E-state index is 12.6. The van der Waals surface area contributed by atoms with Gasteiger partial charge in [0.15, 0.2) is 0 Å². The molecule has 2 amide bonds. The summed E-state index contributed by atoms with van der Waals surface area (Å²) in [6, 6.07) is 18.8. The van der Waals surface area contributed by atoms with Crippen molar-refractivity contribution in [1.29, 1.82) is 0 Å². The number of hydrogen-bond donors (Lipinski definition) is 1. The molecule has 2 aromatic carbocycles. The van der Waals surface area contributed by atoms with E-state index in [2.05, 4.69) is 49.1 Å². The molecule has 0 saturated carbocycles. The number of ether oxygens (including phenoxy) is 1. The van der Waals surface area contributed by atoms with Gasteiger partial charge in [-0.1, -0.05) is 48.9 Å². The van der Waals surface area contributed by atoms with Gasteiger partial charge in [-0.3, -0.25) is 9.59 Å². The Morgan fingerprint density at radius 1 is 1.09 bits per heavy atom. The Kier molecular flexibility index (Phi) is 9.76. The molecule has 1 saturated heterocycles. The van der Waals surface area contributed by atoms with E-state index in [1.165, 1.54) is 5.57 Å². The Morgan fingerprint density at radius 2 is 1.74 bits per heavy atom. The van der Waals surface area contributed by atoms with E-state index in [0.717, 1.165) is 49.5 Å². The summed E-state index contributed by atoms with van der Waals surface area (Å²) in [6.07, 6.45) is 4.97. The minimum atomic E-state index is -0.345. The zero-order valence-corrected chi connectivity index (χ0v) is 21.3. The summed E-state index contributed by atoms with van der Waals surface area (Å²) in [6.45, 7) is 8.87. The van der Waals surface area contributed by atoms with Gasteiger partial charge in [-0.2, -0.15) is 0 Å². The highest BCUT2D eigenvalue weighted by Crippen LogP contribution is 2.27. The first-order chi connectivity index (χ1) is 16.8. The molecule has 0 bridgehead atoms. The summed E-state index contributed by atoms with van der Waals surface area (Å²) in [4.78, 5) is 28.2. The molecule has 1 aliphatic rings. The smallest absolute Gasteiger partial charge is 0.222 e. The first-order valence-corrected chi connectivity index (χ1v) is 12.6. The lowest BCUT2D eigenvalue weighted by molar-refractivity contribution is -0.132. The van der Waals surface area contributed by atoms with Crippen molar-refractivity contribution in [2.75, 3.05) is 24.5 Å². The van der Waals surface area contributed by atoms with E-state index in [1.807, 2.05) is 35.2 Å². The Balaban J connectivity index is 1.59. The van der Waals surface area contributed by atoms with Gasteiger partial charge in [0.05, 0.1) is 0 Å². The molecular weight excluding hydrogens is 438 g/mol. The van der Waals surface area contributed by atoms with E-state index in [1.54, 1.807) is 6.92 Å². The zero-order valence-electron chi connectivity index (χ0n) is 21.3. The molecule has 0 spiro atoms. The summed E-state index contributed by atoms with van der Waals surface area (Å²) in [5.41, 5.74) is 8.92. The van der Waals surface area contributed by atoms with Crippen molar-refractivity contribution in [3.63, 3.8) is 0 Å². The molecule has 3 rings (SSSR count). The van der Waals surface area contributed by atoms with Crippen LogP contribution in [0.3, 0.4) is 0 Å². The molecule has 1 unspecified atom stereocenters. The lowest BCUT2D eigenvalue weighted by atomic mass is 10.00. The van der Waals surface area contributed by atoms with E-state index in [0.29, 0.717) is 25.5 Å². The van der Waals surface area contributed by atoms with Gasteiger partial charge in [0, 0.05) is 43.7 Å². The van der Waals surface area contributed by atoms with Crippen LogP contribution < -0.4 is 15.4 Å². The molecule has 2 N–H and O–H groups in total. The van der Waals surface area contributed by atoms with Gasteiger partial charge < -0.3 is 20.3 Å². The Labute approximate surface area is 209 Å². The standard InChI is InChI=1S/C29H39N3O3/c1-22(2)15-20-32(25-10-12-27(13-11-25)35-21-24-7-5-4-6-8-24)26-16-18-31(19-17-26)28(33)14-9-23(3)29(30)34/h4-8,10-13,15,23,26H,9,14,16-21H2,1-3H3,(H2,30,34). The normalized spacial score (nSPS) is 14.8. The number of rotatable bonds is 11. The van der Waals surface area contributed by atoms with E-state index < -0.39 is 0 Å². The Bertz CT molecular complexity index is 976. The van der Waals surface area contributed by atoms with Crippen LogP contribution in [0.1, 0.15) is 52.0 Å². The van der Waals surface area contributed by atoms with Crippen molar-refractivity contribution >= 4 is 17.5 Å². The number of nitrogens with zero attached hydrogens (tertiary/aromatic N) is 2. The molecule has 35 heavy (non-hydrogen) atoms. The number of benzene rings is 2. The number of carbonyl (C=O) groups is 2. The second kappa shape index (κ2) is 13.0. The molecule has 6 nitrogen and oxygen atoms in total. The molecule has 1 aliphatic heterocycles. The Morgan fingerprint density at radius 3 is 2.34 bits per heavy atom.